The van der Waals surface area contributed by atoms with Crippen LogP contribution in [-0.4, -0.2) is 29.6 Å². The topological polar surface area (TPSA) is 29.5 Å². The van der Waals surface area contributed by atoms with Gasteiger partial charge in [0.1, 0.15) is 24.1 Å². The molecule has 1 aromatic rings. The predicted molar refractivity (Wildman–Crippen MR) is 70.4 cm³/mol. The summed E-state index contributed by atoms with van der Waals surface area (Å²) < 4.78 is 44.9. The quantitative estimate of drug-likeness (QED) is 0.867. The van der Waals surface area contributed by atoms with Gasteiger partial charge in [-0.25, -0.2) is 13.2 Å². The number of halogens is 3. The lowest BCUT2D eigenvalue weighted by Gasteiger charge is -2.35. The highest BCUT2D eigenvalue weighted by Crippen LogP contribution is 2.46. The van der Waals surface area contributed by atoms with E-state index in [0.717, 1.165) is 4.90 Å². The Bertz CT molecular complexity index is 527. The SMILES string of the molecule is CSc1ccc(OC2CC(F)(F)C2)c2c1C(O)C(F)C2. The van der Waals surface area contributed by atoms with E-state index in [1.165, 1.54) is 11.8 Å². The molecule has 1 aromatic carbocycles. The lowest BCUT2D eigenvalue weighted by molar-refractivity contribution is -0.134. The zero-order valence-corrected chi connectivity index (χ0v) is 11.7. The smallest absolute Gasteiger partial charge is 0.255 e. The number of aliphatic hydroxyl groups excluding tert-OH is 1. The van der Waals surface area contributed by atoms with E-state index in [2.05, 4.69) is 0 Å². The number of alkyl halides is 3. The Morgan fingerprint density at radius 1 is 1.35 bits per heavy atom. The molecule has 6 heteroatoms. The summed E-state index contributed by atoms with van der Waals surface area (Å²) in [4.78, 5) is 0.805. The van der Waals surface area contributed by atoms with Crippen molar-refractivity contribution in [2.75, 3.05) is 6.26 Å². The third-order valence-corrected chi connectivity index (χ3v) is 4.67. The van der Waals surface area contributed by atoms with E-state index in [-0.39, 0.29) is 19.3 Å². The van der Waals surface area contributed by atoms with Crippen LogP contribution in [0.15, 0.2) is 17.0 Å². The average molecular weight is 304 g/mol. The standard InChI is InChI=1S/C14H15F3O2S/c1-20-11-3-2-10(19-7-5-14(16,17)6-7)8-4-9(15)13(18)12(8)11/h2-3,7,9,13,18H,4-6H2,1H3. The Kier molecular flexibility index (Phi) is 3.41. The first-order valence-electron chi connectivity index (χ1n) is 6.47. The lowest BCUT2D eigenvalue weighted by Crippen LogP contribution is -2.43. The maximum absolute atomic E-state index is 13.7. The van der Waals surface area contributed by atoms with Crippen molar-refractivity contribution in [3.8, 4) is 5.75 Å². The Morgan fingerprint density at radius 2 is 2.05 bits per heavy atom. The predicted octanol–water partition coefficient (Wildman–Crippen LogP) is 3.51. The van der Waals surface area contributed by atoms with Crippen LogP contribution in [0.25, 0.3) is 0 Å². The number of rotatable bonds is 3. The Morgan fingerprint density at radius 3 is 2.65 bits per heavy atom. The minimum absolute atomic E-state index is 0.0728. The Hall–Kier alpha value is -0.880. The van der Waals surface area contributed by atoms with E-state index in [9.17, 15) is 18.3 Å². The maximum Gasteiger partial charge on any atom is 0.255 e. The molecule has 0 radical (unpaired) electrons. The van der Waals surface area contributed by atoms with Crippen molar-refractivity contribution in [3.05, 3.63) is 23.3 Å². The summed E-state index contributed by atoms with van der Waals surface area (Å²) in [6.07, 6.45) is -1.71. The molecule has 2 aliphatic rings. The second-order valence-electron chi connectivity index (χ2n) is 5.33. The number of ether oxygens (including phenoxy) is 1. The number of hydrogen-bond donors (Lipinski definition) is 1. The minimum Gasteiger partial charge on any atom is -0.490 e. The molecule has 1 fully saturated rings. The van der Waals surface area contributed by atoms with Crippen molar-refractivity contribution in [1.82, 2.24) is 0 Å². The van der Waals surface area contributed by atoms with Crippen molar-refractivity contribution in [3.63, 3.8) is 0 Å². The molecule has 2 nitrogen and oxygen atoms in total. The van der Waals surface area contributed by atoms with Crippen molar-refractivity contribution in [2.45, 2.75) is 48.5 Å². The van der Waals surface area contributed by atoms with Gasteiger partial charge in [0.25, 0.3) is 5.92 Å². The first kappa shape index (κ1) is 14.1. The highest BCUT2D eigenvalue weighted by molar-refractivity contribution is 7.98. The first-order valence-corrected chi connectivity index (χ1v) is 7.70. The molecule has 0 bridgehead atoms. The molecule has 0 spiro atoms. The molecule has 0 saturated heterocycles. The number of fused-ring (bicyclic) bond motifs is 1. The van der Waals surface area contributed by atoms with Gasteiger partial charge in [0.15, 0.2) is 0 Å². The normalized spacial score (nSPS) is 28.1. The average Bonchev–Trinajstić information content (AvgIpc) is 2.65. The monoisotopic (exact) mass is 304 g/mol. The summed E-state index contributed by atoms with van der Waals surface area (Å²) in [5.74, 6) is -2.22. The molecule has 0 heterocycles. The number of benzene rings is 1. The third-order valence-electron chi connectivity index (χ3n) is 3.88. The zero-order valence-electron chi connectivity index (χ0n) is 10.9. The summed E-state index contributed by atoms with van der Waals surface area (Å²) in [5.41, 5.74) is 1.17. The van der Waals surface area contributed by atoms with Gasteiger partial charge >= 0.3 is 0 Å². The van der Waals surface area contributed by atoms with Gasteiger partial charge < -0.3 is 9.84 Å². The fourth-order valence-corrected chi connectivity index (χ4v) is 3.47. The van der Waals surface area contributed by atoms with E-state index in [4.69, 9.17) is 4.74 Å². The highest BCUT2D eigenvalue weighted by atomic mass is 32.2. The Labute approximate surface area is 119 Å². The first-order chi connectivity index (χ1) is 9.41. The van der Waals surface area contributed by atoms with E-state index in [1.807, 2.05) is 6.26 Å². The van der Waals surface area contributed by atoms with Crippen molar-refractivity contribution in [1.29, 1.82) is 0 Å². The third kappa shape index (κ3) is 2.29. The molecule has 20 heavy (non-hydrogen) atoms. The largest absolute Gasteiger partial charge is 0.490 e. The molecule has 1 N–H and O–H groups in total. The number of thioether (sulfide) groups is 1. The van der Waals surface area contributed by atoms with Crippen molar-refractivity contribution < 1.29 is 23.0 Å². The molecule has 0 amide bonds. The van der Waals surface area contributed by atoms with E-state index < -0.39 is 24.3 Å². The van der Waals surface area contributed by atoms with Crippen LogP contribution < -0.4 is 4.74 Å². The number of hydrogen-bond acceptors (Lipinski definition) is 3. The minimum atomic E-state index is -2.64. The van der Waals surface area contributed by atoms with E-state index in [0.29, 0.717) is 16.9 Å². The van der Waals surface area contributed by atoms with Crippen LogP contribution in [0.1, 0.15) is 30.1 Å². The maximum atomic E-state index is 13.7. The molecule has 2 unspecified atom stereocenters. The molecular formula is C14H15F3O2S. The van der Waals surface area contributed by atoms with Gasteiger partial charge in [0.05, 0.1) is 0 Å². The summed E-state index contributed by atoms with van der Waals surface area (Å²) >= 11 is 1.42. The van der Waals surface area contributed by atoms with Crippen LogP contribution in [0.4, 0.5) is 13.2 Å². The molecule has 0 aliphatic heterocycles. The van der Waals surface area contributed by atoms with Gasteiger partial charge in [-0.3, -0.25) is 0 Å². The van der Waals surface area contributed by atoms with Gasteiger partial charge in [-0.15, -0.1) is 11.8 Å². The summed E-state index contributed by atoms with van der Waals surface area (Å²) in [6.45, 7) is 0. The highest BCUT2D eigenvalue weighted by Gasteiger charge is 2.47. The second kappa shape index (κ2) is 4.84. The molecule has 2 aliphatic carbocycles. The van der Waals surface area contributed by atoms with Crippen LogP contribution in [-0.2, 0) is 6.42 Å². The molecule has 0 aromatic heterocycles. The second-order valence-corrected chi connectivity index (χ2v) is 6.18. The van der Waals surface area contributed by atoms with Gasteiger partial charge in [0, 0.05) is 35.3 Å². The van der Waals surface area contributed by atoms with Crippen LogP contribution in [0.5, 0.6) is 5.75 Å². The molecule has 110 valence electrons. The summed E-state index contributed by atoms with van der Waals surface area (Å²) in [5, 5.41) is 9.91. The fraction of sp³-hybridized carbons (Fsp3) is 0.571. The van der Waals surface area contributed by atoms with Crippen LogP contribution in [0.2, 0.25) is 0 Å². The van der Waals surface area contributed by atoms with Gasteiger partial charge in [-0.05, 0) is 18.4 Å². The molecule has 1 saturated carbocycles. The zero-order chi connectivity index (χ0) is 14.5. The summed E-state index contributed by atoms with van der Waals surface area (Å²) in [7, 11) is 0. The van der Waals surface area contributed by atoms with Gasteiger partial charge in [-0.1, -0.05) is 0 Å². The van der Waals surface area contributed by atoms with E-state index in [1.54, 1.807) is 12.1 Å². The van der Waals surface area contributed by atoms with Crippen LogP contribution in [0.3, 0.4) is 0 Å². The molecular weight excluding hydrogens is 289 g/mol. The molecule has 2 atom stereocenters. The number of aliphatic hydroxyl groups is 1. The Balaban J connectivity index is 1.87. The lowest BCUT2D eigenvalue weighted by atomic mass is 9.91. The fourth-order valence-electron chi connectivity index (χ4n) is 2.80. The van der Waals surface area contributed by atoms with E-state index >= 15 is 0 Å². The van der Waals surface area contributed by atoms with Crippen molar-refractivity contribution >= 4 is 11.8 Å². The van der Waals surface area contributed by atoms with Crippen molar-refractivity contribution in [2.24, 2.45) is 0 Å². The summed E-state index contributed by atoms with van der Waals surface area (Å²) in [6, 6.07) is 3.43. The van der Waals surface area contributed by atoms with Crippen LogP contribution in [0, 0.1) is 0 Å². The van der Waals surface area contributed by atoms with Gasteiger partial charge in [0.2, 0.25) is 0 Å². The van der Waals surface area contributed by atoms with Crippen LogP contribution >= 0.6 is 11.8 Å². The van der Waals surface area contributed by atoms with Gasteiger partial charge in [-0.2, -0.15) is 0 Å². The molecule has 3 rings (SSSR count).